The molecule has 0 heterocycles. The van der Waals surface area contributed by atoms with Crippen molar-refractivity contribution >= 4 is 5.78 Å². The first-order valence-electron chi connectivity index (χ1n) is 3.59. The molecule has 64 valence electrons. The molecular weight excluding hydrogens is 144 g/mol. The third kappa shape index (κ3) is 5.76. The lowest BCUT2D eigenvalue weighted by molar-refractivity contribution is -0.112. The van der Waals surface area contributed by atoms with Crippen molar-refractivity contribution < 1.29 is 15.0 Å². The standard InChI is InChI=1S/C8H14O3/c1-7(11)3-2-4-8(5-9)6-10/h2-3,8-10H,4-6H2,1H3. The highest BCUT2D eigenvalue weighted by Gasteiger charge is 2.01. The van der Waals surface area contributed by atoms with Gasteiger partial charge in [0.2, 0.25) is 0 Å². The van der Waals surface area contributed by atoms with Crippen molar-refractivity contribution in [2.24, 2.45) is 5.92 Å². The summed E-state index contributed by atoms with van der Waals surface area (Å²) in [6.45, 7) is 1.38. The van der Waals surface area contributed by atoms with E-state index >= 15 is 0 Å². The van der Waals surface area contributed by atoms with Crippen LogP contribution in [-0.4, -0.2) is 29.2 Å². The smallest absolute Gasteiger partial charge is 0.152 e. The van der Waals surface area contributed by atoms with Gasteiger partial charge in [0.25, 0.3) is 0 Å². The molecule has 0 atom stereocenters. The Bertz CT molecular complexity index is 136. The molecule has 0 fully saturated rings. The van der Waals surface area contributed by atoms with Gasteiger partial charge in [-0.15, -0.1) is 0 Å². The van der Waals surface area contributed by atoms with E-state index in [1.165, 1.54) is 13.0 Å². The van der Waals surface area contributed by atoms with E-state index in [0.29, 0.717) is 6.42 Å². The van der Waals surface area contributed by atoms with Crippen LogP contribution in [0.1, 0.15) is 13.3 Å². The first kappa shape index (κ1) is 10.3. The Hall–Kier alpha value is -0.670. The van der Waals surface area contributed by atoms with E-state index in [2.05, 4.69) is 0 Å². The molecule has 0 bridgehead atoms. The third-order valence-corrected chi connectivity index (χ3v) is 1.34. The number of hydrogen-bond donors (Lipinski definition) is 2. The van der Waals surface area contributed by atoms with Crippen LogP contribution in [0.5, 0.6) is 0 Å². The predicted molar refractivity (Wildman–Crippen MR) is 42.1 cm³/mol. The molecule has 0 aromatic heterocycles. The van der Waals surface area contributed by atoms with E-state index in [-0.39, 0.29) is 24.9 Å². The maximum Gasteiger partial charge on any atom is 0.152 e. The van der Waals surface area contributed by atoms with Crippen molar-refractivity contribution in [3.8, 4) is 0 Å². The number of aliphatic hydroxyl groups excluding tert-OH is 2. The summed E-state index contributed by atoms with van der Waals surface area (Å²) in [5.74, 6) is -0.148. The van der Waals surface area contributed by atoms with E-state index in [0.717, 1.165) is 0 Å². The molecule has 11 heavy (non-hydrogen) atoms. The quantitative estimate of drug-likeness (QED) is 0.559. The zero-order valence-corrected chi connectivity index (χ0v) is 6.66. The minimum absolute atomic E-state index is 0.0142. The van der Waals surface area contributed by atoms with E-state index in [1.807, 2.05) is 0 Å². The van der Waals surface area contributed by atoms with Crippen LogP contribution in [0, 0.1) is 5.92 Å². The highest BCUT2D eigenvalue weighted by molar-refractivity contribution is 5.87. The van der Waals surface area contributed by atoms with Crippen LogP contribution in [-0.2, 0) is 4.79 Å². The number of rotatable bonds is 5. The summed E-state index contributed by atoms with van der Waals surface area (Å²) in [4.78, 5) is 10.4. The van der Waals surface area contributed by atoms with Gasteiger partial charge in [0.05, 0.1) is 0 Å². The molecule has 0 unspecified atom stereocenters. The SMILES string of the molecule is CC(=O)C=CCC(CO)CO. The molecule has 0 aliphatic rings. The van der Waals surface area contributed by atoms with Crippen LogP contribution < -0.4 is 0 Å². The fourth-order valence-electron chi connectivity index (χ4n) is 0.633. The Morgan fingerprint density at radius 3 is 2.36 bits per heavy atom. The first-order chi connectivity index (χ1) is 5.20. The maximum absolute atomic E-state index is 10.4. The van der Waals surface area contributed by atoms with E-state index < -0.39 is 0 Å². The molecule has 3 heteroatoms. The van der Waals surface area contributed by atoms with Crippen molar-refractivity contribution in [3.63, 3.8) is 0 Å². The fourth-order valence-corrected chi connectivity index (χ4v) is 0.633. The fraction of sp³-hybridized carbons (Fsp3) is 0.625. The van der Waals surface area contributed by atoms with Crippen LogP contribution >= 0.6 is 0 Å². The van der Waals surface area contributed by atoms with Gasteiger partial charge in [0, 0.05) is 19.1 Å². The lowest BCUT2D eigenvalue weighted by Crippen LogP contribution is -2.09. The molecule has 0 aromatic carbocycles. The number of aliphatic hydroxyl groups is 2. The van der Waals surface area contributed by atoms with Crippen molar-refractivity contribution in [2.75, 3.05) is 13.2 Å². The van der Waals surface area contributed by atoms with E-state index in [9.17, 15) is 4.79 Å². The maximum atomic E-state index is 10.4. The second-order valence-electron chi connectivity index (χ2n) is 2.48. The average molecular weight is 158 g/mol. The van der Waals surface area contributed by atoms with E-state index in [1.54, 1.807) is 6.08 Å². The molecular formula is C8H14O3. The van der Waals surface area contributed by atoms with Crippen LogP contribution in [0.2, 0.25) is 0 Å². The summed E-state index contributed by atoms with van der Waals surface area (Å²) in [6.07, 6.45) is 3.66. The summed E-state index contributed by atoms with van der Waals surface area (Å²) in [6, 6.07) is 0. The van der Waals surface area contributed by atoms with Gasteiger partial charge in [0.15, 0.2) is 5.78 Å². The van der Waals surface area contributed by atoms with Crippen molar-refractivity contribution in [1.29, 1.82) is 0 Å². The summed E-state index contributed by atoms with van der Waals surface area (Å²) in [5, 5.41) is 17.2. The van der Waals surface area contributed by atoms with Crippen LogP contribution in [0.25, 0.3) is 0 Å². The summed E-state index contributed by atoms with van der Waals surface area (Å²) in [5.41, 5.74) is 0. The summed E-state index contributed by atoms with van der Waals surface area (Å²) >= 11 is 0. The molecule has 0 rings (SSSR count). The zero-order chi connectivity index (χ0) is 8.69. The monoisotopic (exact) mass is 158 g/mol. The third-order valence-electron chi connectivity index (χ3n) is 1.34. The van der Waals surface area contributed by atoms with Gasteiger partial charge in [-0.05, 0) is 19.4 Å². The predicted octanol–water partition coefficient (Wildman–Crippen LogP) is 0.122. The minimum Gasteiger partial charge on any atom is -0.396 e. The van der Waals surface area contributed by atoms with Crippen molar-refractivity contribution in [1.82, 2.24) is 0 Å². The normalized spacial score (nSPS) is 11.3. The Labute approximate surface area is 66.4 Å². The highest BCUT2D eigenvalue weighted by Crippen LogP contribution is 2.00. The number of carbonyl (C=O) groups excluding carboxylic acids is 1. The number of carbonyl (C=O) groups is 1. The Balaban J connectivity index is 3.57. The van der Waals surface area contributed by atoms with Crippen LogP contribution in [0.4, 0.5) is 0 Å². The molecule has 2 N–H and O–H groups in total. The second-order valence-corrected chi connectivity index (χ2v) is 2.48. The van der Waals surface area contributed by atoms with Gasteiger partial charge >= 0.3 is 0 Å². The van der Waals surface area contributed by atoms with Gasteiger partial charge in [-0.25, -0.2) is 0 Å². The molecule has 3 nitrogen and oxygen atoms in total. The van der Waals surface area contributed by atoms with Gasteiger partial charge in [-0.1, -0.05) is 6.08 Å². The molecule has 0 saturated carbocycles. The molecule has 0 spiro atoms. The Morgan fingerprint density at radius 2 is 2.00 bits per heavy atom. The first-order valence-corrected chi connectivity index (χ1v) is 3.59. The molecule has 0 aliphatic heterocycles. The highest BCUT2D eigenvalue weighted by atomic mass is 16.3. The van der Waals surface area contributed by atoms with Gasteiger partial charge in [0.1, 0.15) is 0 Å². The van der Waals surface area contributed by atoms with Gasteiger partial charge in [-0.2, -0.15) is 0 Å². The van der Waals surface area contributed by atoms with Gasteiger partial charge < -0.3 is 10.2 Å². The molecule has 0 aliphatic carbocycles. The number of allylic oxidation sites excluding steroid dienone is 2. The van der Waals surface area contributed by atoms with E-state index in [4.69, 9.17) is 10.2 Å². The lowest BCUT2D eigenvalue weighted by atomic mass is 10.1. The number of ketones is 1. The number of hydrogen-bond acceptors (Lipinski definition) is 3. The zero-order valence-electron chi connectivity index (χ0n) is 6.66. The molecule has 0 radical (unpaired) electrons. The van der Waals surface area contributed by atoms with Crippen molar-refractivity contribution in [2.45, 2.75) is 13.3 Å². The molecule has 0 amide bonds. The Kier molecular flexibility index (Phi) is 5.70. The van der Waals surface area contributed by atoms with Crippen LogP contribution in [0.3, 0.4) is 0 Å². The lowest BCUT2D eigenvalue weighted by Gasteiger charge is -2.05. The Morgan fingerprint density at radius 1 is 1.45 bits per heavy atom. The second kappa shape index (κ2) is 6.07. The topological polar surface area (TPSA) is 57.5 Å². The van der Waals surface area contributed by atoms with Crippen molar-refractivity contribution in [3.05, 3.63) is 12.2 Å². The van der Waals surface area contributed by atoms with Crippen LogP contribution in [0.15, 0.2) is 12.2 Å². The average Bonchev–Trinajstić information content (AvgIpc) is 1.98. The molecule has 0 saturated heterocycles. The van der Waals surface area contributed by atoms with Gasteiger partial charge in [-0.3, -0.25) is 4.79 Å². The largest absolute Gasteiger partial charge is 0.396 e. The summed E-state index contributed by atoms with van der Waals surface area (Å²) in [7, 11) is 0. The summed E-state index contributed by atoms with van der Waals surface area (Å²) < 4.78 is 0. The minimum atomic E-state index is -0.134. The molecule has 0 aromatic rings.